The van der Waals surface area contributed by atoms with Gasteiger partial charge >= 0.3 is 0 Å². The Balaban J connectivity index is 2.16. The number of aromatic hydroxyl groups is 2. The second-order valence-corrected chi connectivity index (χ2v) is 3.52. The number of carbonyl (C=O) groups excluding carboxylic acids is 1. The number of hydrogen-bond acceptors (Lipinski definition) is 3. The van der Waals surface area contributed by atoms with Gasteiger partial charge < -0.3 is 15.5 Å². The molecule has 0 aliphatic carbocycles. The van der Waals surface area contributed by atoms with E-state index >= 15 is 0 Å². The Kier molecular flexibility index (Phi) is 2.96. The molecule has 0 aromatic heterocycles. The van der Waals surface area contributed by atoms with E-state index in [0.29, 0.717) is 11.3 Å². The first-order valence-electron chi connectivity index (χ1n) is 5.05. The van der Waals surface area contributed by atoms with Crippen LogP contribution in [0, 0.1) is 0 Å². The standard InChI is InChI=1S/C13H11NO3/c15-11-7-6-10(8-12(11)16)14-13(17)9-4-2-1-3-5-9/h1-8,15-16H,(H,14,17). The van der Waals surface area contributed by atoms with Crippen LogP contribution >= 0.6 is 0 Å². The van der Waals surface area contributed by atoms with Crippen LogP contribution in [0.5, 0.6) is 11.5 Å². The van der Waals surface area contributed by atoms with E-state index in [1.165, 1.54) is 18.2 Å². The number of phenolic OH excluding ortho intramolecular Hbond substituents is 2. The number of amides is 1. The topological polar surface area (TPSA) is 69.6 Å². The van der Waals surface area contributed by atoms with Gasteiger partial charge in [-0.05, 0) is 24.3 Å². The predicted octanol–water partition coefficient (Wildman–Crippen LogP) is 2.35. The van der Waals surface area contributed by atoms with Crippen LogP contribution < -0.4 is 5.32 Å². The lowest BCUT2D eigenvalue weighted by molar-refractivity contribution is 0.102. The Hall–Kier alpha value is -2.49. The minimum Gasteiger partial charge on any atom is -0.504 e. The molecule has 0 bridgehead atoms. The Bertz CT molecular complexity index is 538. The van der Waals surface area contributed by atoms with Gasteiger partial charge in [0, 0.05) is 17.3 Å². The third-order valence-corrected chi connectivity index (χ3v) is 2.27. The number of nitrogens with one attached hydrogen (secondary N) is 1. The molecule has 2 rings (SSSR count). The molecule has 1 amide bonds. The fourth-order valence-electron chi connectivity index (χ4n) is 1.39. The minimum absolute atomic E-state index is 0.220. The van der Waals surface area contributed by atoms with Crippen LogP contribution in [-0.2, 0) is 0 Å². The van der Waals surface area contributed by atoms with E-state index in [1.807, 2.05) is 6.07 Å². The second kappa shape index (κ2) is 4.57. The van der Waals surface area contributed by atoms with Crippen LogP contribution in [0.1, 0.15) is 10.4 Å². The van der Waals surface area contributed by atoms with Crippen molar-refractivity contribution in [3.63, 3.8) is 0 Å². The van der Waals surface area contributed by atoms with Gasteiger partial charge in [-0.25, -0.2) is 0 Å². The molecule has 0 aliphatic heterocycles. The summed E-state index contributed by atoms with van der Waals surface area (Å²) in [5.41, 5.74) is 0.953. The molecule has 0 saturated heterocycles. The maximum Gasteiger partial charge on any atom is 0.255 e. The highest BCUT2D eigenvalue weighted by Crippen LogP contribution is 2.27. The summed E-state index contributed by atoms with van der Waals surface area (Å²) in [7, 11) is 0. The predicted molar refractivity (Wildman–Crippen MR) is 64.2 cm³/mol. The van der Waals surface area contributed by atoms with Gasteiger partial charge in [0.1, 0.15) is 0 Å². The van der Waals surface area contributed by atoms with Gasteiger partial charge in [0.05, 0.1) is 0 Å². The molecule has 86 valence electrons. The third kappa shape index (κ3) is 2.55. The zero-order valence-electron chi connectivity index (χ0n) is 8.92. The molecule has 2 aromatic rings. The van der Waals surface area contributed by atoms with Gasteiger partial charge in [0.2, 0.25) is 0 Å². The SMILES string of the molecule is O=C(Nc1ccc(O)c(O)c1)c1ccccc1. The summed E-state index contributed by atoms with van der Waals surface area (Å²) in [6.07, 6.45) is 0. The molecule has 0 heterocycles. The van der Waals surface area contributed by atoms with E-state index in [-0.39, 0.29) is 17.4 Å². The third-order valence-electron chi connectivity index (χ3n) is 2.27. The summed E-state index contributed by atoms with van der Waals surface area (Å²) >= 11 is 0. The van der Waals surface area contributed by atoms with Crippen molar-refractivity contribution in [1.82, 2.24) is 0 Å². The first-order valence-corrected chi connectivity index (χ1v) is 5.05. The van der Waals surface area contributed by atoms with Crippen molar-refractivity contribution in [2.75, 3.05) is 5.32 Å². The van der Waals surface area contributed by atoms with Crippen molar-refractivity contribution in [1.29, 1.82) is 0 Å². The lowest BCUT2D eigenvalue weighted by Crippen LogP contribution is -2.11. The van der Waals surface area contributed by atoms with E-state index in [9.17, 15) is 9.90 Å². The number of carbonyl (C=O) groups is 1. The molecule has 0 unspecified atom stereocenters. The Morgan fingerprint density at radius 2 is 1.65 bits per heavy atom. The van der Waals surface area contributed by atoms with Gasteiger partial charge in [-0.1, -0.05) is 18.2 Å². The summed E-state index contributed by atoms with van der Waals surface area (Å²) in [4.78, 5) is 11.8. The first kappa shape index (κ1) is 11.0. The van der Waals surface area contributed by atoms with Gasteiger partial charge in [-0.15, -0.1) is 0 Å². The number of anilines is 1. The van der Waals surface area contributed by atoms with Crippen molar-refractivity contribution in [2.45, 2.75) is 0 Å². The summed E-state index contributed by atoms with van der Waals surface area (Å²) in [6, 6.07) is 12.8. The second-order valence-electron chi connectivity index (χ2n) is 3.52. The molecule has 0 saturated carbocycles. The summed E-state index contributed by atoms with van der Waals surface area (Å²) in [5.74, 6) is -0.755. The lowest BCUT2D eigenvalue weighted by Gasteiger charge is -2.06. The smallest absolute Gasteiger partial charge is 0.255 e. The van der Waals surface area contributed by atoms with Crippen molar-refractivity contribution < 1.29 is 15.0 Å². The quantitative estimate of drug-likeness (QED) is 0.547. The first-order chi connectivity index (χ1) is 8.16. The average Bonchev–Trinajstić information content (AvgIpc) is 2.35. The number of hydrogen-bond donors (Lipinski definition) is 3. The van der Waals surface area contributed by atoms with Crippen LogP contribution in [0.25, 0.3) is 0 Å². The molecule has 0 radical (unpaired) electrons. The largest absolute Gasteiger partial charge is 0.504 e. The number of phenols is 2. The molecule has 0 fully saturated rings. The fraction of sp³-hybridized carbons (Fsp3) is 0. The minimum atomic E-state index is -0.268. The van der Waals surface area contributed by atoms with E-state index in [2.05, 4.69) is 5.32 Å². The van der Waals surface area contributed by atoms with Crippen molar-refractivity contribution in [3.8, 4) is 11.5 Å². The van der Waals surface area contributed by atoms with Crippen molar-refractivity contribution >= 4 is 11.6 Å². The molecule has 0 spiro atoms. The zero-order chi connectivity index (χ0) is 12.3. The maximum absolute atomic E-state index is 11.8. The van der Waals surface area contributed by atoms with E-state index in [0.717, 1.165) is 0 Å². The molecule has 3 N–H and O–H groups in total. The Morgan fingerprint density at radius 1 is 0.941 bits per heavy atom. The Morgan fingerprint density at radius 3 is 2.29 bits per heavy atom. The summed E-state index contributed by atoms with van der Waals surface area (Å²) < 4.78 is 0. The van der Waals surface area contributed by atoms with Crippen LogP contribution in [0.4, 0.5) is 5.69 Å². The molecule has 4 nitrogen and oxygen atoms in total. The monoisotopic (exact) mass is 229 g/mol. The fourth-order valence-corrected chi connectivity index (χ4v) is 1.39. The number of rotatable bonds is 2. The van der Waals surface area contributed by atoms with Crippen LogP contribution in [-0.4, -0.2) is 16.1 Å². The van der Waals surface area contributed by atoms with Crippen molar-refractivity contribution in [2.24, 2.45) is 0 Å². The van der Waals surface area contributed by atoms with Crippen LogP contribution in [0.3, 0.4) is 0 Å². The van der Waals surface area contributed by atoms with E-state index in [4.69, 9.17) is 5.11 Å². The summed E-state index contributed by atoms with van der Waals surface area (Å²) in [5, 5.41) is 21.0. The normalized spacial score (nSPS) is 9.88. The van der Waals surface area contributed by atoms with Crippen molar-refractivity contribution in [3.05, 3.63) is 54.1 Å². The molecule has 0 atom stereocenters. The molecule has 4 heteroatoms. The average molecular weight is 229 g/mol. The van der Waals surface area contributed by atoms with Crippen LogP contribution in [0.2, 0.25) is 0 Å². The zero-order valence-corrected chi connectivity index (χ0v) is 8.92. The molecular formula is C13H11NO3. The van der Waals surface area contributed by atoms with Gasteiger partial charge in [0.15, 0.2) is 11.5 Å². The van der Waals surface area contributed by atoms with Gasteiger partial charge in [0.25, 0.3) is 5.91 Å². The summed E-state index contributed by atoms with van der Waals surface area (Å²) in [6.45, 7) is 0. The molecule has 0 aliphatic rings. The molecule has 17 heavy (non-hydrogen) atoms. The Labute approximate surface area is 98.2 Å². The highest BCUT2D eigenvalue weighted by atomic mass is 16.3. The molecular weight excluding hydrogens is 218 g/mol. The van der Waals surface area contributed by atoms with Gasteiger partial charge in [-0.3, -0.25) is 4.79 Å². The maximum atomic E-state index is 11.8. The highest BCUT2D eigenvalue weighted by Gasteiger charge is 2.06. The van der Waals surface area contributed by atoms with Crippen LogP contribution in [0.15, 0.2) is 48.5 Å². The highest BCUT2D eigenvalue weighted by molar-refractivity contribution is 6.04. The number of benzene rings is 2. The van der Waals surface area contributed by atoms with E-state index in [1.54, 1.807) is 24.3 Å². The van der Waals surface area contributed by atoms with Gasteiger partial charge in [-0.2, -0.15) is 0 Å². The lowest BCUT2D eigenvalue weighted by atomic mass is 10.2. The van der Waals surface area contributed by atoms with E-state index < -0.39 is 0 Å². The molecule has 2 aromatic carbocycles.